The van der Waals surface area contributed by atoms with Crippen LogP contribution in [0.3, 0.4) is 0 Å². The largest absolute Gasteiger partial charge is 0.494 e. The van der Waals surface area contributed by atoms with Gasteiger partial charge in [0.25, 0.3) is 0 Å². The average molecular weight is 272 g/mol. The van der Waals surface area contributed by atoms with E-state index < -0.39 is 0 Å². The zero-order chi connectivity index (χ0) is 13.7. The molecule has 0 aliphatic heterocycles. The van der Waals surface area contributed by atoms with Crippen molar-refractivity contribution < 1.29 is 4.74 Å². The van der Waals surface area contributed by atoms with E-state index >= 15 is 0 Å². The fourth-order valence-electron chi connectivity index (χ4n) is 1.81. The Morgan fingerprint density at radius 1 is 1.37 bits per heavy atom. The highest BCUT2D eigenvalue weighted by Gasteiger charge is 2.02. The second kappa shape index (κ2) is 6.26. The minimum Gasteiger partial charge on any atom is -0.494 e. The first-order valence-electron chi connectivity index (χ1n) is 6.17. The first-order chi connectivity index (χ1) is 9.22. The molecule has 19 heavy (non-hydrogen) atoms. The molecule has 2 rings (SSSR count). The molecule has 1 aromatic heterocycles. The van der Waals surface area contributed by atoms with Gasteiger partial charge >= 0.3 is 0 Å². The molecule has 0 bridgehead atoms. The van der Waals surface area contributed by atoms with Crippen LogP contribution in [0.25, 0.3) is 0 Å². The van der Waals surface area contributed by atoms with Crippen molar-refractivity contribution >= 4 is 17.0 Å². The van der Waals surface area contributed by atoms with Crippen LogP contribution in [0.1, 0.15) is 22.9 Å². The number of rotatable bonds is 5. The van der Waals surface area contributed by atoms with Crippen molar-refractivity contribution in [2.75, 3.05) is 11.9 Å². The fourth-order valence-corrected chi connectivity index (χ4v) is 2.55. The summed E-state index contributed by atoms with van der Waals surface area (Å²) in [5.41, 5.74) is 2.98. The number of nitrogens with zero attached hydrogens (tertiary/aromatic N) is 1. The van der Waals surface area contributed by atoms with Crippen LogP contribution in [-0.4, -0.2) is 6.61 Å². The van der Waals surface area contributed by atoms with Crippen molar-refractivity contribution in [3.05, 3.63) is 45.6 Å². The van der Waals surface area contributed by atoms with E-state index in [1.54, 1.807) is 11.3 Å². The van der Waals surface area contributed by atoms with Gasteiger partial charge in [-0.25, -0.2) is 0 Å². The second-order valence-electron chi connectivity index (χ2n) is 4.18. The molecule has 0 unspecified atom stereocenters. The summed E-state index contributed by atoms with van der Waals surface area (Å²) in [6, 6.07) is 10.1. The van der Waals surface area contributed by atoms with Crippen LogP contribution in [0, 0.1) is 18.3 Å². The van der Waals surface area contributed by atoms with Crippen molar-refractivity contribution in [2.45, 2.75) is 20.4 Å². The van der Waals surface area contributed by atoms with E-state index in [0.717, 1.165) is 34.0 Å². The Kier molecular flexibility index (Phi) is 4.43. The van der Waals surface area contributed by atoms with Crippen molar-refractivity contribution in [2.24, 2.45) is 0 Å². The fraction of sp³-hybridized carbons (Fsp3) is 0.267. The van der Waals surface area contributed by atoms with Crippen LogP contribution in [0.2, 0.25) is 0 Å². The van der Waals surface area contributed by atoms with Crippen LogP contribution in [0.5, 0.6) is 5.75 Å². The van der Waals surface area contributed by atoms with Crippen LogP contribution in [0.4, 0.5) is 5.69 Å². The minimum atomic E-state index is 0.679. The number of anilines is 1. The molecule has 0 aliphatic carbocycles. The summed E-state index contributed by atoms with van der Waals surface area (Å²) in [6.07, 6.45) is 0. The van der Waals surface area contributed by atoms with Gasteiger partial charge in [-0.3, -0.25) is 0 Å². The van der Waals surface area contributed by atoms with Crippen molar-refractivity contribution in [3.63, 3.8) is 0 Å². The van der Waals surface area contributed by atoms with Gasteiger partial charge in [-0.15, -0.1) is 11.3 Å². The zero-order valence-electron chi connectivity index (χ0n) is 11.1. The molecule has 0 saturated heterocycles. The third-order valence-corrected chi connectivity index (χ3v) is 3.68. The van der Waals surface area contributed by atoms with Gasteiger partial charge in [0, 0.05) is 22.5 Å². The number of thiophene rings is 1. The molecule has 0 atom stereocenters. The molecule has 1 N–H and O–H groups in total. The van der Waals surface area contributed by atoms with Gasteiger partial charge in [0.05, 0.1) is 12.2 Å². The molecule has 0 spiro atoms. The van der Waals surface area contributed by atoms with E-state index in [1.807, 2.05) is 36.6 Å². The predicted octanol–water partition coefficient (Wildman–Crippen LogP) is 3.94. The monoisotopic (exact) mass is 272 g/mol. The smallest absolute Gasteiger partial charge is 0.119 e. The Morgan fingerprint density at radius 3 is 2.84 bits per heavy atom. The third kappa shape index (κ3) is 3.49. The Bertz CT molecular complexity index is 598. The first-order valence-corrected chi connectivity index (χ1v) is 7.05. The topological polar surface area (TPSA) is 45.0 Å². The van der Waals surface area contributed by atoms with Crippen LogP contribution >= 0.6 is 11.3 Å². The lowest BCUT2D eigenvalue weighted by Gasteiger charge is -2.10. The molecular formula is C15H16N2OS. The van der Waals surface area contributed by atoms with E-state index in [4.69, 9.17) is 10.00 Å². The molecule has 0 saturated carbocycles. The number of ether oxygens (including phenoxy) is 1. The van der Waals surface area contributed by atoms with Gasteiger partial charge in [0.2, 0.25) is 0 Å². The number of hydrogen-bond acceptors (Lipinski definition) is 4. The summed E-state index contributed by atoms with van der Waals surface area (Å²) in [6.45, 7) is 5.45. The molecule has 0 fully saturated rings. The Balaban J connectivity index is 2.01. The van der Waals surface area contributed by atoms with Crippen molar-refractivity contribution in [1.29, 1.82) is 5.26 Å². The molecule has 98 valence electrons. The van der Waals surface area contributed by atoms with E-state index in [9.17, 15) is 0 Å². The molecule has 2 aromatic rings. The maximum absolute atomic E-state index is 8.78. The molecular weight excluding hydrogens is 256 g/mol. The van der Waals surface area contributed by atoms with Crippen LogP contribution < -0.4 is 10.1 Å². The quantitative estimate of drug-likeness (QED) is 0.896. The Morgan fingerprint density at radius 2 is 2.21 bits per heavy atom. The van der Waals surface area contributed by atoms with E-state index in [-0.39, 0.29) is 0 Å². The second-order valence-corrected chi connectivity index (χ2v) is 5.17. The number of nitriles is 1. The highest BCUT2D eigenvalue weighted by atomic mass is 32.1. The van der Waals surface area contributed by atoms with Gasteiger partial charge in [-0.1, -0.05) is 0 Å². The standard InChI is InChI=1S/C15H16N2OS/c1-3-18-13-4-5-15(11(2)6-13)17-9-14-7-12(8-16)10-19-14/h4-7,10,17H,3,9H2,1-2H3. The number of benzene rings is 1. The van der Waals surface area contributed by atoms with Gasteiger partial charge in [-0.05, 0) is 43.7 Å². The lowest BCUT2D eigenvalue weighted by atomic mass is 10.2. The summed E-state index contributed by atoms with van der Waals surface area (Å²) < 4.78 is 5.46. The number of nitrogens with one attached hydrogen (secondary N) is 1. The van der Waals surface area contributed by atoms with E-state index in [1.165, 1.54) is 0 Å². The molecule has 0 radical (unpaired) electrons. The highest BCUT2D eigenvalue weighted by molar-refractivity contribution is 7.10. The van der Waals surface area contributed by atoms with Crippen LogP contribution in [0.15, 0.2) is 29.6 Å². The summed E-state index contributed by atoms with van der Waals surface area (Å²) in [7, 11) is 0. The molecule has 1 heterocycles. The lowest BCUT2D eigenvalue weighted by Crippen LogP contribution is -2.00. The molecule has 1 aromatic carbocycles. The van der Waals surface area contributed by atoms with Crippen LogP contribution in [-0.2, 0) is 6.54 Å². The Hall–Kier alpha value is -1.99. The van der Waals surface area contributed by atoms with Crippen molar-refractivity contribution in [3.8, 4) is 11.8 Å². The summed E-state index contributed by atoms with van der Waals surface area (Å²) in [5.74, 6) is 0.897. The lowest BCUT2D eigenvalue weighted by molar-refractivity contribution is 0.340. The molecule has 4 heteroatoms. The maximum Gasteiger partial charge on any atom is 0.119 e. The zero-order valence-corrected chi connectivity index (χ0v) is 11.9. The van der Waals surface area contributed by atoms with Gasteiger partial charge in [-0.2, -0.15) is 5.26 Å². The summed E-state index contributed by atoms with van der Waals surface area (Å²) >= 11 is 1.60. The predicted molar refractivity (Wildman–Crippen MR) is 78.7 cm³/mol. The summed E-state index contributed by atoms with van der Waals surface area (Å²) in [4.78, 5) is 1.16. The number of hydrogen-bond donors (Lipinski definition) is 1. The normalized spacial score (nSPS) is 9.95. The van der Waals surface area contributed by atoms with E-state index in [0.29, 0.717) is 6.61 Å². The summed E-state index contributed by atoms with van der Waals surface area (Å²) in [5, 5.41) is 14.0. The highest BCUT2D eigenvalue weighted by Crippen LogP contribution is 2.23. The van der Waals surface area contributed by atoms with Crippen molar-refractivity contribution in [1.82, 2.24) is 0 Å². The Labute approximate surface area is 117 Å². The van der Waals surface area contributed by atoms with E-state index in [2.05, 4.69) is 18.3 Å². The molecule has 0 amide bonds. The van der Waals surface area contributed by atoms with Gasteiger partial charge < -0.3 is 10.1 Å². The number of aryl methyl sites for hydroxylation is 1. The molecule has 3 nitrogen and oxygen atoms in total. The third-order valence-electron chi connectivity index (χ3n) is 2.74. The molecule has 0 aliphatic rings. The SMILES string of the molecule is CCOc1ccc(NCc2cc(C#N)cs2)c(C)c1. The van der Waals surface area contributed by atoms with Gasteiger partial charge in [0.15, 0.2) is 0 Å². The minimum absolute atomic E-state index is 0.679. The van der Waals surface area contributed by atoms with Gasteiger partial charge in [0.1, 0.15) is 11.8 Å². The maximum atomic E-state index is 8.78. The average Bonchev–Trinajstić information content (AvgIpc) is 2.86. The first kappa shape index (κ1) is 13.4.